The van der Waals surface area contributed by atoms with Crippen LogP contribution >= 0.6 is 15.9 Å². The minimum absolute atomic E-state index is 0.00852. The van der Waals surface area contributed by atoms with E-state index in [9.17, 15) is 29.8 Å². The van der Waals surface area contributed by atoms with Crippen LogP contribution in [0.1, 0.15) is 47.8 Å². The molecule has 198 valence electrons. The lowest BCUT2D eigenvalue weighted by Gasteiger charge is -2.09. The highest BCUT2D eigenvalue weighted by Gasteiger charge is 2.20. The highest BCUT2D eigenvalue weighted by atomic mass is 79.9. The molecule has 0 aliphatic heterocycles. The van der Waals surface area contributed by atoms with E-state index in [2.05, 4.69) is 15.9 Å². The van der Waals surface area contributed by atoms with Gasteiger partial charge in [-0.25, -0.2) is 0 Å². The van der Waals surface area contributed by atoms with Gasteiger partial charge in [0, 0.05) is 41.8 Å². The fourth-order valence-corrected chi connectivity index (χ4v) is 4.17. The van der Waals surface area contributed by atoms with Gasteiger partial charge in [-0.15, -0.1) is 0 Å². The summed E-state index contributed by atoms with van der Waals surface area (Å²) < 4.78 is 0. The molecule has 8 nitrogen and oxygen atoms in total. The largest absolute Gasteiger partial charge is 0.294 e. The number of halogens is 1. The third kappa shape index (κ3) is 8.24. The van der Waals surface area contributed by atoms with Crippen molar-refractivity contribution in [2.45, 2.75) is 25.1 Å². The van der Waals surface area contributed by atoms with Crippen LogP contribution < -0.4 is 0 Å². The second-order valence-corrected chi connectivity index (χ2v) is 9.75. The maximum Gasteiger partial charge on any atom is 0.269 e. The number of ketones is 2. The normalized spacial score (nSPS) is 11.1. The molecule has 0 aliphatic carbocycles. The first-order valence-corrected chi connectivity index (χ1v) is 12.8. The van der Waals surface area contributed by atoms with E-state index in [0.29, 0.717) is 22.3 Å². The minimum Gasteiger partial charge on any atom is -0.294 e. The number of benzene rings is 4. The SMILES string of the molecule is Cc1ccc(C(=O)C(Br)c2cccc([N+](=O)[O-])c2)cc1.Cc1ccc(C(=O)Cc2cccc([N+](=O)[O-])c2)cc1. The van der Waals surface area contributed by atoms with Crippen molar-refractivity contribution >= 4 is 38.9 Å². The lowest BCUT2D eigenvalue weighted by molar-refractivity contribution is -0.385. The molecule has 4 aromatic carbocycles. The quantitative estimate of drug-likeness (QED) is 0.0906. The van der Waals surface area contributed by atoms with Gasteiger partial charge in [-0.05, 0) is 25.0 Å². The van der Waals surface area contributed by atoms with E-state index in [-0.39, 0.29) is 29.4 Å². The van der Waals surface area contributed by atoms with Crippen LogP contribution in [0, 0.1) is 34.1 Å². The Morgan fingerprint density at radius 2 is 1.21 bits per heavy atom. The highest BCUT2D eigenvalue weighted by Crippen LogP contribution is 2.29. The van der Waals surface area contributed by atoms with Gasteiger partial charge in [-0.1, -0.05) is 99.9 Å². The average molecular weight is 589 g/mol. The van der Waals surface area contributed by atoms with Crippen molar-refractivity contribution in [1.82, 2.24) is 0 Å². The van der Waals surface area contributed by atoms with E-state index in [4.69, 9.17) is 0 Å². The third-order valence-corrected chi connectivity index (χ3v) is 6.74. The zero-order valence-corrected chi connectivity index (χ0v) is 22.8. The lowest BCUT2D eigenvalue weighted by atomic mass is 10.0. The molecule has 4 rings (SSSR count). The molecular formula is C30H25BrN2O6. The van der Waals surface area contributed by atoms with Crippen LogP contribution in [-0.4, -0.2) is 21.4 Å². The van der Waals surface area contributed by atoms with Crippen LogP contribution in [0.2, 0.25) is 0 Å². The number of carbonyl (C=O) groups is 2. The molecule has 0 amide bonds. The van der Waals surface area contributed by atoms with E-state index >= 15 is 0 Å². The smallest absolute Gasteiger partial charge is 0.269 e. The Morgan fingerprint density at radius 3 is 1.74 bits per heavy atom. The second-order valence-electron chi connectivity index (χ2n) is 8.84. The zero-order chi connectivity index (χ0) is 28.5. The number of rotatable bonds is 8. The Labute approximate surface area is 233 Å². The van der Waals surface area contributed by atoms with Gasteiger partial charge in [0.25, 0.3) is 11.4 Å². The number of aryl methyl sites for hydroxylation is 2. The Hall–Kier alpha value is -4.50. The van der Waals surface area contributed by atoms with Crippen molar-refractivity contribution in [2.24, 2.45) is 0 Å². The average Bonchev–Trinajstić information content (AvgIpc) is 2.93. The summed E-state index contributed by atoms with van der Waals surface area (Å²) in [5.74, 6) is -0.161. The summed E-state index contributed by atoms with van der Waals surface area (Å²) in [4.78, 5) is 44.3. The summed E-state index contributed by atoms with van der Waals surface area (Å²) in [5, 5.41) is 21.4. The van der Waals surface area contributed by atoms with Gasteiger partial charge in [-0.3, -0.25) is 29.8 Å². The van der Waals surface area contributed by atoms with Crippen molar-refractivity contribution in [3.63, 3.8) is 0 Å². The van der Waals surface area contributed by atoms with Gasteiger partial charge >= 0.3 is 0 Å². The monoisotopic (exact) mass is 588 g/mol. The summed E-state index contributed by atoms with van der Waals surface area (Å²) in [7, 11) is 0. The molecule has 0 bridgehead atoms. The van der Waals surface area contributed by atoms with Crippen LogP contribution in [0.3, 0.4) is 0 Å². The molecule has 0 saturated carbocycles. The fraction of sp³-hybridized carbons (Fsp3) is 0.133. The molecule has 0 aliphatic rings. The van der Waals surface area contributed by atoms with Crippen LogP contribution in [0.4, 0.5) is 11.4 Å². The molecule has 9 heteroatoms. The first kappa shape index (κ1) is 29.1. The van der Waals surface area contributed by atoms with Crippen LogP contribution in [0.25, 0.3) is 0 Å². The van der Waals surface area contributed by atoms with Crippen LogP contribution in [-0.2, 0) is 6.42 Å². The maximum absolute atomic E-state index is 12.3. The van der Waals surface area contributed by atoms with Gasteiger partial charge in [0.2, 0.25) is 0 Å². The van der Waals surface area contributed by atoms with Gasteiger partial charge in [0.05, 0.1) is 9.85 Å². The van der Waals surface area contributed by atoms with Gasteiger partial charge < -0.3 is 0 Å². The van der Waals surface area contributed by atoms with Crippen molar-refractivity contribution in [3.05, 3.63) is 151 Å². The number of Topliss-reactive ketones (excluding diaryl/α,β-unsaturated/α-hetero) is 2. The number of nitro benzene ring substituents is 2. The van der Waals surface area contributed by atoms with Crippen LogP contribution in [0.5, 0.6) is 0 Å². The number of hydrogen-bond donors (Lipinski definition) is 0. The molecule has 0 heterocycles. The molecule has 1 atom stereocenters. The number of nitrogens with zero attached hydrogens (tertiary/aromatic N) is 2. The number of hydrogen-bond acceptors (Lipinski definition) is 6. The predicted molar refractivity (Wildman–Crippen MR) is 153 cm³/mol. The Morgan fingerprint density at radius 1 is 0.718 bits per heavy atom. The molecule has 0 spiro atoms. The molecule has 0 fully saturated rings. The Balaban J connectivity index is 0.000000216. The van der Waals surface area contributed by atoms with Gasteiger partial charge in [0.15, 0.2) is 11.6 Å². The summed E-state index contributed by atoms with van der Waals surface area (Å²) in [5.41, 5.74) is 4.57. The highest BCUT2D eigenvalue weighted by molar-refractivity contribution is 9.09. The van der Waals surface area contributed by atoms with Crippen molar-refractivity contribution in [1.29, 1.82) is 0 Å². The summed E-state index contributed by atoms with van der Waals surface area (Å²) in [6, 6.07) is 26.8. The van der Waals surface area contributed by atoms with E-state index in [1.807, 2.05) is 38.1 Å². The number of alkyl halides is 1. The standard InChI is InChI=1S/C15H12BrNO3.C15H13NO3/c1-10-5-7-11(8-6-10)15(18)14(16)12-3-2-4-13(9-12)17(19)20;1-11-5-7-13(8-6-11)15(17)10-12-3-2-4-14(9-12)16(18)19/h2-9,14H,1H3;2-9H,10H2,1H3. The molecule has 0 radical (unpaired) electrons. The maximum atomic E-state index is 12.3. The lowest BCUT2D eigenvalue weighted by Crippen LogP contribution is -2.07. The van der Waals surface area contributed by atoms with E-state index in [1.165, 1.54) is 24.3 Å². The first-order valence-electron chi connectivity index (χ1n) is 11.9. The van der Waals surface area contributed by atoms with E-state index in [1.54, 1.807) is 48.5 Å². The Kier molecular flexibility index (Phi) is 9.94. The van der Waals surface area contributed by atoms with Crippen molar-refractivity contribution < 1.29 is 19.4 Å². The topological polar surface area (TPSA) is 120 Å². The molecule has 4 aromatic rings. The molecule has 0 N–H and O–H groups in total. The molecule has 0 saturated heterocycles. The summed E-state index contributed by atoms with van der Waals surface area (Å²) in [6.45, 7) is 3.90. The molecule has 39 heavy (non-hydrogen) atoms. The molecular weight excluding hydrogens is 564 g/mol. The summed E-state index contributed by atoms with van der Waals surface area (Å²) in [6.07, 6.45) is 0.171. The van der Waals surface area contributed by atoms with Crippen molar-refractivity contribution in [2.75, 3.05) is 0 Å². The number of carbonyl (C=O) groups excluding carboxylic acids is 2. The van der Waals surface area contributed by atoms with Crippen LogP contribution in [0.15, 0.2) is 97.1 Å². The number of nitro groups is 2. The van der Waals surface area contributed by atoms with E-state index < -0.39 is 14.7 Å². The number of non-ortho nitro benzene ring substituents is 2. The van der Waals surface area contributed by atoms with Gasteiger partial charge in [-0.2, -0.15) is 0 Å². The first-order chi connectivity index (χ1) is 18.5. The Bertz CT molecular complexity index is 1500. The zero-order valence-electron chi connectivity index (χ0n) is 21.2. The minimum atomic E-state index is -0.592. The molecule has 1 unspecified atom stereocenters. The summed E-state index contributed by atoms with van der Waals surface area (Å²) >= 11 is 3.32. The van der Waals surface area contributed by atoms with Gasteiger partial charge in [0.1, 0.15) is 4.83 Å². The predicted octanol–water partition coefficient (Wildman–Crippen LogP) is 7.55. The molecule has 0 aromatic heterocycles. The fourth-order valence-electron chi connectivity index (χ4n) is 3.62. The second kappa shape index (κ2) is 13.3. The van der Waals surface area contributed by atoms with Crippen molar-refractivity contribution in [3.8, 4) is 0 Å². The third-order valence-electron chi connectivity index (χ3n) is 5.80. The van der Waals surface area contributed by atoms with E-state index in [0.717, 1.165) is 11.1 Å².